The molecule has 1 aliphatic heterocycles. The maximum Gasteiger partial charge on any atom is 0.309 e. The average molecular weight is 416 g/mol. The van der Waals surface area contributed by atoms with Crippen LogP contribution in [0.5, 0.6) is 0 Å². The van der Waals surface area contributed by atoms with Crippen LogP contribution < -0.4 is 0 Å². The summed E-state index contributed by atoms with van der Waals surface area (Å²) >= 11 is 0. The van der Waals surface area contributed by atoms with Crippen LogP contribution in [0.25, 0.3) is 22.3 Å². The number of aliphatic carboxylic acids is 1. The van der Waals surface area contributed by atoms with Crippen LogP contribution in [0.15, 0.2) is 69.7 Å². The maximum absolute atomic E-state index is 13.3. The Labute approximate surface area is 177 Å². The normalized spacial score (nSPS) is 18.5. The maximum atomic E-state index is 13.3. The Balaban J connectivity index is 1.45. The highest BCUT2D eigenvalue weighted by atomic mass is 16.5. The molecule has 0 aliphatic carbocycles. The first-order valence-electron chi connectivity index (χ1n) is 10.0. The second kappa shape index (κ2) is 7.43. The third-order valence-corrected chi connectivity index (χ3v) is 5.85. The molecule has 0 radical (unpaired) electrons. The summed E-state index contributed by atoms with van der Waals surface area (Å²) in [7, 11) is 0. The van der Waals surface area contributed by atoms with E-state index in [0.29, 0.717) is 22.7 Å². The quantitative estimate of drug-likeness (QED) is 0.532. The molecule has 4 aromatic rings. The molecule has 2 aromatic heterocycles. The zero-order valence-corrected chi connectivity index (χ0v) is 16.8. The van der Waals surface area contributed by atoms with E-state index in [2.05, 4.69) is 5.16 Å². The number of nitrogens with zero attached hydrogens (tertiary/aromatic N) is 2. The third-order valence-electron chi connectivity index (χ3n) is 5.85. The van der Waals surface area contributed by atoms with Crippen molar-refractivity contribution >= 4 is 22.8 Å². The first-order valence-corrected chi connectivity index (χ1v) is 10.0. The van der Waals surface area contributed by atoms with Crippen molar-refractivity contribution in [3.63, 3.8) is 0 Å². The molecule has 0 spiro atoms. The number of carbonyl (C=O) groups is 2. The van der Waals surface area contributed by atoms with E-state index in [4.69, 9.17) is 8.94 Å². The van der Waals surface area contributed by atoms with Gasteiger partial charge in [0.2, 0.25) is 0 Å². The number of rotatable bonds is 4. The van der Waals surface area contributed by atoms with Crippen molar-refractivity contribution < 1.29 is 23.6 Å². The number of para-hydroxylation sites is 1. The SMILES string of the molecule is Cc1ccc(-c2oncc2C(=O)N2CC(C(=O)O)C(c3cc4ccccc4o3)C2)cc1. The molecule has 7 nitrogen and oxygen atoms in total. The van der Waals surface area contributed by atoms with Gasteiger partial charge in [-0.3, -0.25) is 9.59 Å². The molecule has 2 atom stereocenters. The number of aromatic nitrogens is 1. The molecule has 1 N–H and O–H groups in total. The van der Waals surface area contributed by atoms with Gasteiger partial charge in [0.25, 0.3) is 5.91 Å². The lowest BCUT2D eigenvalue weighted by molar-refractivity contribution is -0.141. The molecule has 5 rings (SSSR count). The minimum atomic E-state index is -0.954. The first kappa shape index (κ1) is 19.1. The van der Waals surface area contributed by atoms with Crippen LogP contribution >= 0.6 is 0 Å². The predicted octanol–water partition coefficient (Wildman–Crippen LogP) is 4.34. The Kier molecular flexibility index (Phi) is 4.58. The van der Waals surface area contributed by atoms with Gasteiger partial charge in [-0.05, 0) is 19.1 Å². The zero-order chi connectivity index (χ0) is 21.5. The van der Waals surface area contributed by atoms with Crippen LogP contribution in [0.3, 0.4) is 0 Å². The van der Waals surface area contributed by atoms with Crippen LogP contribution in [-0.2, 0) is 4.79 Å². The molecule has 1 amide bonds. The van der Waals surface area contributed by atoms with Crippen molar-refractivity contribution in [3.8, 4) is 11.3 Å². The van der Waals surface area contributed by atoms with Gasteiger partial charge in [0, 0.05) is 30.0 Å². The molecule has 0 bridgehead atoms. The van der Waals surface area contributed by atoms with Gasteiger partial charge in [-0.15, -0.1) is 0 Å². The second-order valence-electron chi connectivity index (χ2n) is 7.88. The first-order chi connectivity index (χ1) is 15.0. The number of carboxylic acids is 1. The molecule has 7 heteroatoms. The summed E-state index contributed by atoms with van der Waals surface area (Å²) in [4.78, 5) is 26.8. The van der Waals surface area contributed by atoms with E-state index >= 15 is 0 Å². The highest BCUT2D eigenvalue weighted by molar-refractivity contribution is 5.99. The Morgan fingerprint density at radius 3 is 2.61 bits per heavy atom. The smallest absolute Gasteiger partial charge is 0.309 e. The molecule has 0 saturated carbocycles. The summed E-state index contributed by atoms with van der Waals surface area (Å²) in [6.07, 6.45) is 1.39. The minimum Gasteiger partial charge on any atom is -0.481 e. The molecule has 3 heterocycles. The summed E-state index contributed by atoms with van der Waals surface area (Å²) in [5.41, 5.74) is 2.85. The van der Waals surface area contributed by atoms with Gasteiger partial charge in [-0.1, -0.05) is 53.2 Å². The number of likely N-dealkylation sites (tertiary alicyclic amines) is 1. The van der Waals surface area contributed by atoms with E-state index in [1.165, 1.54) is 6.20 Å². The van der Waals surface area contributed by atoms with Crippen molar-refractivity contribution in [2.75, 3.05) is 13.1 Å². The summed E-state index contributed by atoms with van der Waals surface area (Å²) in [6.45, 7) is 2.31. The van der Waals surface area contributed by atoms with Gasteiger partial charge in [0.15, 0.2) is 5.76 Å². The molecule has 156 valence electrons. The summed E-state index contributed by atoms with van der Waals surface area (Å²) in [5.74, 6) is -1.49. The van der Waals surface area contributed by atoms with Gasteiger partial charge in [-0.2, -0.15) is 0 Å². The fraction of sp³-hybridized carbons (Fsp3) is 0.208. The lowest BCUT2D eigenvalue weighted by Crippen LogP contribution is -2.30. The van der Waals surface area contributed by atoms with Crippen molar-refractivity contribution in [2.45, 2.75) is 12.8 Å². The van der Waals surface area contributed by atoms with E-state index in [1.807, 2.05) is 61.5 Å². The fourth-order valence-corrected chi connectivity index (χ4v) is 4.17. The zero-order valence-electron chi connectivity index (χ0n) is 16.8. The molecule has 1 aliphatic rings. The lowest BCUT2D eigenvalue weighted by atomic mass is 9.94. The molecule has 31 heavy (non-hydrogen) atoms. The van der Waals surface area contributed by atoms with Crippen molar-refractivity contribution in [1.29, 1.82) is 0 Å². The van der Waals surface area contributed by atoms with E-state index in [9.17, 15) is 14.7 Å². The second-order valence-corrected chi connectivity index (χ2v) is 7.88. The van der Waals surface area contributed by atoms with Crippen molar-refractivity contribution in [1.82, 2.24) is 10.1 Å². The number of fused-ring (bicyclic) bond motifs is 1. The van der Waals surface area contributed by atoms with Crippen LogP contribution in [0.4, 0.5) is 0 Å². The van der Waals surface area contributed by atoms with E-state index < -0.39 is 17.8 Å². The van der Waals surface area contributed by atoms with Gasteiger partial charge >= 0.3 is 5.97 Å². The van der Waals surface area contributed by atoms with Crippen molar-refractivity contribution in [3.05, 3.63) is 77.7 Å². The van der Waals surface area contributed by atoms with Crippen LogP contribution in [0.1, 0.15) is 27.6 Å². The fourth-order valence-electron chi connectivity index (χ4n) is 4.17. The standard InChI is InChI=1S/C24H20N2O5/c1-14-6-8-15(9-7-14)22-17(11-25-31-22)23(27)26-12-18(19(13-26)24(28)29)21-10-16-4-2-3-5-20(16)30-21/h2-11,18-19H,12-13H2,1H3,(H,28,29). The van der Waals surface area contributed by atoms with Gasteiger partial charge in [0.05, 0.1) is 12.1 Å². The molecular formula is C24H20N2O5. The number of furan rings is 1. The monoisotopic (exact) mass is 416 g/mol. The summed E-state index contributed by atoms with van der Waals surface area (Å²) < 4.78 is 11.3. The number of aryl methyl sites for hydroxylation is 1. The van der Waals surface area contributed by atoms with E-state index in [1.54, 1.807) is 4.90 Å². The summed E-state index contributed by atoms with van der Waals surface area (Å²) in [6, 6.07) is 17.0. The Hall–Kier alpha value is -3.87. The number of hydrogen-bond acceptors (Lipinski definition) is 5. The summed E-state index contributed by atoms with van der Waals surface area (Å²) in [5, 5.41) is 14.5. The number of hydrogen-bond donors (Lipinski definition) is 1. The topological polar surface area (TPSA) is 96.8 Å². The van der Waals surface area contributed by atoms with Gasteiger partial charge in [-0.25, -0.2) is 0 Å². The van der Waals surface area contributed by atoms with Crippen LogP contribution in [-0.4, -0.2) is 40.1 Å². The molecule has 1 saturated heterocycles. The highest BCUT2D eigenvalue weighted by Crippen LogP contribution is 2.37. The lowest BCUT2D eigenvalue weighted by Gasteiger charge is -2.15. The number of carboxylic acid groups (broad SMARTS) is 1. The van der Waals surface area contributed by atoms with E-state index in [0.717, 1.165) is 16.5 Å². The van der Waals surface area contributed by atoms with Crippen molar-refractivity contribution in [2.24, 2.45) is 5.92 Å². The number of carbonyl (C=O) groups excluding carboxylic acids is 1. The Bertz CT molecular complexity index is 1240. The third kappa shape index (κ3) is 3.38. The molecule has 2 unspecified atom stereocenters. The molecular weight excluding hydrogens is 396 g/mol. The van der Waals surface area contributed by atoms with E-state index in [-0.39, 0.29) is 19.0 Å². The van der Waals surface area contributed by atoms with Crippen LogP contribution in [0.2, 0.25) is 0 Å². The van der Waals surface area contributed by atoms with Crippen LogP contribution in [0, 0.1) is 12.8 Å². The number of benzene rings is 2. The highest BCUT2D eigenvalue weighted by Gasteiger charge is 2.43. The average Bonchev–Trinajstić information content (AvgIpc) is 3.50. The van der Waals surface area contributed by atoms with Gasteiger partial charge < -0.3 is 18.9 Å². The largest absolute Gasteiger partial charge is 0.481 e. The predicted molar refractivity (Wildman–Crippen MR) is 113 cm³/mol. The number of amides is 1. The van der Waals surface area contributed by atoms with Gasteiger partial charge in [0.1, 0.15) is 16.9 Å². The Morgan fingerprint density at radius 2 is 1.87 bits per heavy atom. The molecule has 2 aromatic carbocycles. The molecule has 1 fully saturated rings. The minimum absolute atomic E-state index is 0.0917. The Morgan fingerprint density at radius 1 is 1.10 bits per heavy atom.